The number of anilines is 2. The molecule has 0 spiro atoms. The molecule has 0 radical (unpaired) electrons. The van der Waals surface area contributed by atoms with Gasteiger partial charge in [0.25, 0.3) is 5.91 Å². The van der Waals surface area contributed by atoms with Crippen molar-refractivity contribution in [2.75, 3.05) is 44.2 Å². The number of H-pyrrole nitrogens is 1. The first kappa shape index (κ1) is 26.3. The highest BCUT2D eigenvalue weighted by atomic mass is 16.5. The topological polar surface area (TPSA) is 104 Å². The van der Waals surface area contributed by atoms with Crippen molar-refractivity contribution in [3.63, 3.8) is 0 Å². The van der Waals surface area contributed by atoms with Gasteiger partial charge in [0, 0.05) is 23.6 Å². The number of carbonyl (C=O) groups is 3. The molecule has 0 atom stereocenters. The summed E-state index contributed by atoms with van der Waals surface area (Å²) in [5.41, 5.74) is 2.99. The number of fused-ring (bicyclic) bond motifs is 1. The molecule has 0 saturated heterocycles. The van der Waals surface area contributed by atoms with Crippen LogP contribution in [0.1, 0.15) is 16.1 Å². The van der Waals surface area contributed by atoms with Gasteiger partial charge in [-0.1, -0.05) is 36.4 Å². The van der Waals surface area contributed by atoms with Crippen LogP contribution in [0.5, 0.6) is 11.5 Å². The van der Waals surface area contributed by atoms with E-state index in [2.05, 4.69) is 10.3 Å². The summed E-state index contributed by atoms with van der Waals surface area (Å²) in [6, 6.07) is 21.9. The van der Waals surface area contributed by atoms with Gasteiger partial charge in [0.05, 0.1) is 20.8 Å². The van der Waals surface area contributed by atoms with Gasteiger partial charge in [0.2, 0.25) is 11.8 Å². The van der Waals surface area contributed by atoms with Gasteiger partial charge in [-0.15, -0.1) is 0 Å². The minimum atomic E-state index is -0.510. The number of aryl methyl sites for hydroxylation is 1. The van der Waals surface area contributed by atoms with Crippen molar-refractivity contribution < 1.29 is 23.9 Å². The Kier molecular flexibility index (Phi) is 7.96. The number of aromatic amines is 1. The SMILES string of the molecule is COc1cc(C)cc(OC)c1N(CC(=O)N(C)c1ccccc1)C(=O)CNC(=O)c1cc2ccccc2[nH]1. The minimum Gasteiger partial charge on any atom is -0.494 e. The van der Waals surface area contributed by atoms with E-state index in [0.717, 1.165) is 16.5 Å². The smallest absolute Gasteiger partial charge is 0.268 e. The van der Waals surface area contributed by atoms with E-state index in [1.165, 1.54) is 24.0 Å². The first-order valence-corrected chi connectivity index (χ1v) is 12.0. The lowest BCUT2D eigenvalue weighted by Gasteiger charge is -2.28. The number of methoxy groups -OCH3 is 2. The third-order valence-electron chi connectivity index (χ3n) is 6.18. The Morgan fingerprint density at radius 2 is 1.50 bits per heavy atom. The van der Waals surface area contributed by atoms with Gasteiger partial charge in [0.1, 0.15) is 29.4 Å². The van der Waals surface area contributed by atoms with Gasteiger partial charge in [0.15, 0.2) is 0 Å². The number of rotatable bonds is 9. The van der Waals surface area contributed by atoms with E-state index in [0.29, 0.717) is 28.6 Å². The number of amides is 3. The molecule has 0 aliphatic carbocycles. The van der Waals surface area contributed by atoms with Crippen molar-refractivity contribution in [3.05, 3.63) is 84.1 Å². The maximum atomic E-state index is 13.6. The van der Waals surface area contributed by atoms with Crippen molar-refractivity contribution in [2.45, 2.75) is 6.92 Å². The van der Waals surface area contributed by atoms with E-state index in [1.807, 2.05) is 49.4 Å². The molecule has 0 aliphatic rings. The zero-order chi connectivity index (χ0) is 27.2. The molecule has 38 heavy (non-hydrogen) atoms. The van der Waals surface area contributed by atoms with Crippen LogP contribution in [0.15, 0.2) is 72.8 Å². The third-order valence-corrected chi connectivity index (χ3v) is 6.18. The number of hydrogen-bond acceptors (Lipinski definition) is 5. The van der Waals surface area contributed by atoms with Crippen LogP contribution in [-0.2, 0) is 9.59 Å². The highest BCUT2D eigenvalue weighted by molar-refractivity contribution is 6.07. The molecule has 4 aromatic rings. The lowest BCUT2D eigenvalue weighted by molar-refractivity contribution is -0.121. The summed E-state index contributed by atoms with van der Waals surface area (Å²) < 4.78 is 11.1. The molecule has 196 valence electrons. The second-order valence-electron chi connectivity index (χ2n) is 8.74. The largest absolute Gasteiger partial charge is 0.494 e. The predicted octanol–water partition coefficient (Wildman–Crippen LogP) is 3.92. The van der Waals surface area contributed by atoms with Crippen LogP contribution in [0, 0.1) is 6.92 Å². The van der Waals surface area contributed by atoms with Crippen LogP contribution < -0.4 is 24.6 Å². The summed E-state index contributed by atoms with van der Waals surface area (Å²) in [5, 5.41) is 3.55. The fraction of sp³-hybridized carbons (Fsp3) is 0.207. The molecule has 4 rings (SSSR count). The number of likely N-dealkylation sites (N-methyl/N-ethyl adjacent to an activating group) is 1. The fourth-order valence-electron chi connectivity index (χ4n) is 4.16. The molecule has 2 N–H and O–H groups in total. The first-order chi connectivity index (χ1) is 18.3. The maximum Gasteiger partial charge on any atom is 0.268 e. The number of hydrogen-bond donors (Lipinski definition) is 2. The summed E-state index contributed by atoms with van der Waals surface area (Å²) in [5.74, 6) is -0.550. The molecule has 3 aromatic carbocycles. The van der Waals surface area contributed by atoms with Crippen LogP contribution >= 0.6 is 0 Å². The molecule has 0 bridgehead atoms. The standard InChI is InChI=1S/C29H30N4O5/c1-19-14-24(37-3)28(25(15-19)38-4)33(18-27(35)32(2)21-11-6-5-7-12-21)26(34)17-30-29(36)23-16-20-10-8-9-13-22(20)31-23/h5-16,31H,17-18H2,1-4H3,(H,30,36). The third kappa shape index (κ3) is 5.62. The molecule has 3 amide bonds. The van der Waals surface area contributed by atoms with Crippen LogP contribution in [-0.4, -0.2) is 57.1 Å². The number of carbonyl (C=O) groups excluding carboxylic acids is 3. The van der Waals surface area contributed by atoms with Gasteiger partial charge in [-0.05, 0) is 48.9 Å². The Bertz CT molecular complexity index is 1410. The van der Waals surface area contributed by atoms with E-state index in [4.69, 9.17) is 9.47 Å². The van der Waals surface area contributed by atoms with Gasteiger partial charge >= 0.3 is 0 Å². The lowest BCUT2D eigenvalue weighted by atomic mass is 10.1. The molecule has 1 heterocycles. The van der Waals surface area contributed by atoms with Crippen LogP contribution in [0.2, 0.25) is 0 Å². The van der Waals surface area contributed by atoms with Crippen molar-refractivity contribution in [1.29, 1.82) is 0 Å². The predicted molar refractivity (Wildman–Crippen MR) is 147 cm³/mol. The highest BCUT2D eigenvalue weighted by Crippen LogP contribution is 2.39. The Morgan fingerprint density at radius 3 is 2.13 bits per heavy atom. The van der Waals surface area contributed by atoms with E-state index < -0.39 is 11.8 Å². The number of para-hydroxylation sites is 2. The quantitative estimate of drug-likeness (QED) is 0.352. The van der Waals surface area contributed by atoms with E-state index >= 15 is 0 Å². The monoisotopic (exact) mass is 514 g/mol. The van der Waals surface area contributed by atoms with Crippen molar-refractivity contribution >= 4 is 40.0 Å². The van der Waals surface area contributed by atoms with Crippen LogP contribution in [0.4, 0.5) is 11.4 Å². The van der Waals surface area contributed by atoms with Crippen molar-refractivity contribution in [1.82, 2.24) is 10.3 Å². The van der Waals surface area contributed by atoms with Crippen LogP contribution in [0.25, 0.3) is 10.9 Å². The molecule has 9 nitrogen and oxygen atoms in total. The second-order valence-corrected chi connectivity index (χ2v) is 8.74. The molecule has 9 heteroatoms. The normalized spacial score (nSPS) is 10.6. The number of aromatic nitrogens is 1. The Hall–Kier alpha value is -4.79. The molecular weight excluding hydrogens is 484 g/mol. The maximum absolute atomic E-state index is 13.6. The average Bonchev–Trinajstić information content (AvgIpc) is 3.38. The number of ether oxygens (including phenoxy) is 2. The minimum absolute atomic E-state index is 0.303. The van der Waals surface area contributed by atoms with E-state index in [1.54, 1.807) is 37.4 Å². The summed E-state index contributed by atoms with van der Waals surface area (Å²) in [7, 11) is 4.60. The Morgan fingerprint density at radius 1 is 0.868 bits per heavy atom. The summed E-state index contributed by atoms with van der Waals surface area (Å²) in [6.45, 7) is 1.22. The zero-order valence-corrected chi connectivity index (χ0v) is 21.8. The Balaban J connectivity index is 1.61. The summed E-state index contributed by atoms with van der Waals surface area (Å²) >= 11 is 0. The zero-order valence-electron chi connectivity index (χ0n) is 21.8. The Labute approximate surface area is 221 Å². The first-order valence-electron chi connectivity index (χ1n) is 12.0. The summed E-state index contributed by atoms with van der Waals surface area (Å²) in [4.78, 5) is 45.5. The van der Waals surface area contributed by atoms with E-state index in [9.17, 15) is 14.4 Å². The number of nitrogens with zero attached hydrogens (tertiary/aromatic N) is 2. The second kappa shape index (κ2) is 11.5. The van der Waals surface area contributed by atoms with E-state index in [-0.39, 0.29) is 19.0 Å². The fourth-order valence-corrected chi connectivity index (χ4v) is 4.16. The van der Waals surface area contributed by atoms with Crippen molar-refractivity contribution in [2.24, 2.45) is 0 Å². The lowest BCUT2D eigenvalue weighted by Crippen LogP contribution is -2.46. The van der Waals surface area contributed by atoms with Crippen molar-refractivity contribution in [3.8, 4) is 11.5 Å². The molecule has 0 unspecified atom stereocenters. The molecule has 0 fully saturated rings. The average molecular weight is 515 g/mol. The number of nitrogens with one attached hydrogen (secondary N) is 2. The molecule has 1 aromatic heterocycles. The molecule has 0 aliphatic heterocycles. The molecule has 0 saturated carbocycles. The van der Waals surface area contributed by atoms with Gasteiger partial charge in [-0.2, -0.15) is 0 Å². The van der Waals surface area contributed by atoms with Gasteiger partial charge in [-0.25, -0.2) is 0 Å². The van der Waals surface area contributed by atoms with Gasteiger partial charge in [-0.3, -0.25) is 19.3 Å². The molecular formula is C29H30N4O5. The highest BCUT2D eigenvalue weighted by Gasteiger charge is 2.28. The van der Waals surface area contributed by atoms with Gasteiger partial charge < -0.3 is 24.7 Å². The number of benzene rings is 3. The summed E-state index contributed by atoms with van der Waals surface area (Å²) in [6.07, 6.45) is 0. The van der Waals surface area contributed by atoms with Crippen LogP contribution in [0.3, 0.4) is 0 Å².